The van der Waals surface area contributed by atoms with Gasteiger partial charge in [0.05, 0.1) is 30.3 Å². The van der Waals surface area contributed by atoms with E-state index in [9.17, 15) is 26.3 Å². The van der Waals surface area contributed by atoms with Gasteiger partial charge in [0.2, 0.25) is 0 Å². The van der Waals surface area contributed by atoms with Crippen molar-refractivity contribution in [3.63, 3.8) is 0 Å². The van der Waals surface area contributed by atoms with Gasteiger partial charge in [-0.25, -0.2) is 4.98 Å². The number of H-pyrrole nitrogens is 1. The van der Waals surface area contributed by atoms with Crippen LogP contribution in [0.2, 0.25) is 0 Å². The predicted octanol–water partition coefficient (Wildman–Crippen LogP) is 8.85. The normalized spacial score (nSPS) is 12.4. The van der Waals surface area contributed by atoms with Crippen LogP contribution in [0.3, 0.4) is 0 Å². The minimum Gasteiger partial charge on any atom is -0.493 e. The Bertz CT molecular complexity index is 1420. The molecule has 44 heavy (non-hydrogen) atoms. The summed E-state index contributed by atoms with van der Waals surface area (Å²) in [5, 5.41) is 13.9. The number of hydrogen-bond acceptors (Lipinski definition) is 6. The number of aromatic nitrogens is 3. The molecule has 0 aliphatic heterocycles. The summed E-state index contributed by atoms with van der Waals surface area (Å²) in [4.78, 5) is 4.16. The van der Waals surface area contributed by atoms with E-state index in [1.807, 2.05) is 5.10 Å². The van der Waals surface area contributed by atoms with E-state index >= 15 is 0 Å². The van der Waals surface area contributed by atoms with Gasteiger partial charge in [0, 0.05) is 11.6 Å². The molecular weight excluding hydrogens is 588 g/mol. The lowest BCUT2D eigenvalue weighted by Gasteiger charge is -2.16. The molecule has 1 aromatic carbocycles. The zero-order valence-electron chi connectivity index (χ0n) is 24.7. The first-order valence-corrected chi connectivity index (χ1v) is 14.5. The number of benzene rings is 1. The van der Waals surface area contributed by atoms with Crippen LogP contribution >= 0.6 is 0 Å². The van der Waals surface area contributed by atoms with Gasteiger partial charge in [0.1, 0.15) is 28.6 Å². The van der Waals surface area contributed by atoms with Gasteiger partial charge in [-0.2, -0.15) is 31.4 Å². The summed E-state index contributed by atoms with van der Waals surface area (Å²) >= 11 is 0. The van der Waals surface area contributed by atoms with Gasteiger partial charge in [-0.3, -0.25) is 10.5 Å². The molecule has 3 rings (SSSR count). The van der Waals surface area contributed by atoms with Crippen LogP contribution in [0.25, 0.3) is 22.5 Å². The second-order valence-electron chi connectivity index (χ2n) is 10.3. The minimum atomic E-state index is -4.89. The lowest BCUT2D eigenvalue weighted by molar-refractivity contribution is -0.141. The number of nitrogens with two attached hydrogens (primary N) is 1. The molecule has 2 aromatic heterocycles. The van der Waals surface area contributed by atoms with Gasteiger partial charge >= 0.3 is 12.4 Å². The van der Waals surface area contributed by atoms with Crippen molar-refractivity contribution in [1.29, 1.82) is 5.41 Å². The fraction of sp³-hybridized carbons (Fsp3) is 0.452. The second kappa shape index (κ2) is 15.6. The number of nitrogens with zero attached hydrogens (tertiary/aromatic N) is 2. The van der Waals surface area contributed by atoms with E-state index in [-0.39, 0.29) is 17.1 Å². The number of ether oxygens (including phenoxy) is 2. The number of aromatic amines is 1. The predicted molar refractivity (Wildman–Crippen MR) is 157 cm³/mol. The fourth-order valence-electron chi connectivity index (χ4n) is 4.24. The summed E-state index contributed by atoms with van der Waals surface area (Å²) in [6.45, 7) is 5.09. The van der Waals surface area contributed by atoms with Crippen molar-refractivity contribution < 1.29 is 35.8 Å². The quantitative estimate of drug-likeness (QED) is 0.0837. The molecule has 0 radical (unpaired) electrons. The van der Waals surface area contributed by atoms with E-state index in [2.05, 4.69) is 23.9 Å². The Hall–Kier alpha value is -4.03. The second-order valence-corrected chi connectivity index (χ2v) is 10.3. The van der Waals surface area contributed by atoms with Crippen molar-refractivity contribution in [3.05, 3.63) is 59.6 Å². The SMILES string of the molecule is CCCCCCOc1ccc(-c2cc(C(=N)C=C(N)C(F)(F)F)nc(-c3cc(C(F)(F)F)[nH]n3)c2)c(OCCCCCC)c1. The standard InChI is InChI=1S/C31H37F6N5O2/c1-3-5-7-9-13-43-21-11-12-22(27(17-21)44-14-10-8-6-4-2)20-15-24(23(38)18-28(39)30(32,33)34)40-25(16-20)26-19-29(42-41-26)31(35,36)37/h11-12,15-19,38H,3-10,13-14,39H2,1-2H3,(H,41,42). The Balaban J connectivity index is 2.08. The van der Waals surface area contributed by atoms with E-state index in [1.165, 1.54) is 12.1 Å². The Morgan fingerprint density at radius 2 is 1.52 bits per heavy atom. The molecule has 7 nitrogen and oxygen atoms in total. The number of rotatable bonds is 16. The van der Waals surface area contributed by atoms with Crippen molar-refractivity contribution in [2.24, 2.45) is 5.73 Å². The zero-order valence-corrected chi connectivity index (χ0v) is 24.7. The molecule has 2 heterocycles. The maximum atomic E-state index is 13.3. The highest BCUT2D eigenvalue weighted by molar-refractivity contribution is 6.06. The number of pyridine rings is 1. The van der Waals surface area contributed by atoms with Crippen LogP contribution in [0, 0.1) is 5.41 Å². The molecule has 0 saturated heterocycles. The van der Waals surface area contributed by atoms with Crippen LogP contribution in [0.4, 0.5) is 26.3 Å². The number of hydrogen-bond donors (Lipinski definition) is 3. The van der Waals surface area contributed by atoms with Crippen LogP contribution in [-0.2, 0) is 6.18 Å². The molecule has 0 aliphatic rings. The number of alkyl halides is 6. The summed E-state index contributed by atoms with van der Waals surface area (Å²) in [5.41, 5.74) is 2.03. The van der Waals surface area contributed by atoms with E-state index in [1.54, 1.807) is 18.2 Å². The third-order valence-corrected chi connectivity index (χ3v) is 6.66. The van der Waals surface area contributed by atoms with Gasteiger partial charge in [-0.05, 0) is 54.8 Å². The van der Waals surface area contributed by atoms with Gasteiger partial charge < -0.3 is 15.2 Å². The average Bonchev–Trinajstić information content (AvgIpc) is 3.48. The molecule has 4 N–H and O–H groups in total. The zero-order chi connectivity index (χ0) is 32.3. The van der Waals surface area contributed by atoms with Crippen molar-refractivity contribution in [3.8, 4) is 34.0 Å². The summed E-state index contributed by atoms with van der Waals surface area (Å²) in [6, 6.07) is 8.64. The van der Waals surface area contributed by atoms with Crippen molar-refractivity contribution in [1.82, 2.24) is 15.2 Å². The third-order valence-electron chi connectivity index (χ3n) is 6.66. The highest BCUT2D eigenvalue weighted by Crippen LogP contribution is 2.37. The van der Waals surface area contributed by atoms with E-state index < -0.39 is 29.5 Å². The Morgan fingerprint density at radius 1 is 0.864 bits per heavy atom. The number of allylic oxidation sites excluding steroid dienone is 2. The Labute approximate surface area is 252 Å². The smallest absolute Gasteiger partial charge is 0.432 e. The molecule has 0 saturated carbocycles. The van der Waals surface area contributed by atoms with Crippen LogP contribution in [0.5, 0.6) is 11.5 Å². The first-order valence-electron chi connectivity index (χ1n) is 14.5. The van der Waals surface area contributed by atoms with Gasteiger partial charge in [0.15, 0.2) is 0 Å². The van der Waals surface area contributed by atoms with Crippen LogP contribution < -0.4 is 15.2 Å². The molecule has 13 heteroatoms. The molecular formula is C31H37F6N5O2. The molecule has 0 atom stereocenters. The van der Waals surface area contributed by atoms with E-state index in [0.717, 1.165) is 57.4 Å². The number of nitrogens with one attached hydrogen (secondary N) is 2. The largest absolute Gasteiger partial charge is 0.493 e. The van der Waals surface area contributed by atoms with Crippen LogP contribution in [0.15, 0.2) is 48.2 Å². The van der Waals surface area contributed by atoms with Crippen LogP contribution in [-0.4, -0.2) is 40.3 Å². The van der Waals surface area contributed by atoms with Gasteiger partial charge in [-0.1, -0.05) is 52.4 Å². The van der Waals surface area contributed by atoms with Crippen molar-refractivity contribution >= 4 is 5.71 Å². The fourth-order valence-corrected chi connectivity index (χ4v) is 4.24. The molecule has 3 aromatic rings. The number of halogens is 6. The van der Waals surface area contributed by atoms with Crippen molar-refractivity contribution in [2.75, 3.05) is 13.2 Å². The summed E-state index contributed by atoms with van der Waals surface area (Å²) in [5.74, 6) is 0.963. The van der Waals surface area contributed by atoms with E-state index in [4.69, 9.17) is 20.6 Å². The molecule has 240 valence electrons. The molecule has 0 amide bonds. The molecule has 0 spiro atoms. The first kappa shape index (κ1) is 34.5. The monoisotopic (exact) mass is 625 g/mol. The van der Waals surface area contributed by atoms with Crippen molar-refractivity contribution in [2.45, 2.75) is 77.6 Å². The van der Waals surface area contributed by atoms with Gasteiger partial charge in [0.25, 0.3) is 0 Å². The maximum absolute atomic E-state index is 13.3. The Morgan fingerprint density at radius 3 is 2.11 bits per heavy atom. The summed E-state index contributed by atoms with van der Waals surface area (Å²) < 4.78 is 91.2. The molecule has 0 fully saturated rings. The highest BCUT2D eigenvalue weighted by atomic mass is 19.4. The Kier molecular flexibility index (Phi) is 12.2. The van der Waals surface area contributed by atoms with Crippen LogP contribution in [0.1, 0.15) is 76.6 Å². The topological polar surface area (TPSA) is 110 Å². The average molecular weight is 626 g/mol. The lowest BCUT2D eigenvalue weighted by Crippen LogP contribution is -2.21. The minimum absolute atomic E-state index is 0.0990. The lowest BCUT2D eigenvalue weighted by atomic mass is 10.0. The summed E-state index contributed by atoms with van der Waals surface area (Å²) in [6.07, 6.45) is -1.30. The molecule has 0 bridgehead atoms. The molecule has 0 unspecified atom stereocenters. The van der Waals surface area contributed by atoms with Gasteiger partial charge in [-0.15, -0.1) is 0 Å². The molecule has 0 aliphatic carbocycles. The maximum Gasteiger partial charge on any atom is 0.432 e. The third kappa shape index (κ3) is 10.0. The number of unbranched alkanes of at least 4 members (excludes halogenated alkanes) is 6. The first-order chi connectivity index (χ1) is 20.8. The van der Waals surface area contributed by atoms with E-state index in [0.29, 0.717) is 41.9 Å². The highest BCUT2D eigenvalue weighted by Gasteiger charge is 2.34. The summed E-state index contributed by atoms with van der Waals surface area (Å²) in [7, 11) is 0.